The highest BCUT2D eigenvalue weighted by atomic mass is 79.9. The number of carbonyl (C=O) groups excluding carboxylic acids is 1. The lowest BCUT2D eigenvalue weighted by Crippen LogP contribution is -2.31. The Bertz CT molecular complexity index is 1140. The number of hydrogen-bond donors (Lipinski definition) is 1. The zero-order chi connectivity index (χ0) is 20.0. The van der Waals surface area contributed by atoms with Gasteiger partial charge in [-0.25, -0.2) is 0 Å². The molecule has 1 amide bonds. The van der Waals surface area contributed by atoms with Crippen molar-refractivity contribution in [3.05, 3.63) is 74.0 Å². The van der Waals surface area contributed by atoms with Crippen molar-refractivity contribution in [2.24, 2.45) is 0 Å². The van der Waals surface area contributed by atoms with Crippen molar-refractivity contribution in [1.82, 2.24) is 9.88 Å². The van der Waals surface area contributed by atoms with Gasteiger partial charge < -0.3 is 14.6 Å². The van der Waals surface area contributed by atoms with Crippen LogP contribution in [0.4, 0.5) is 0 Å². The highest BCUT2D eigenvalue weighted by molar-refractivity contribution is 9.10. The Morgan fingerprint density at radius 1 is 1.29 bits per heavy atom. The van der Waals surface area contributed by atoms with E-state index in [1.807, 2.05) is 41.8 Å². The zero-order valence-corrected chi connectivity index (χ0v) is 17.5. The third-order valence-electron chi connectivity index (χ3n) is 5.37. The Morgan fingerprint density at radius 3 is 2.68 bits per heavy atom. The van der Waals surface area contributed by atoms with Crippen LogP contribution in [0.3, 0.4) is 0 Å². The maximum Gasteiger partial charge on any atom is 0.257 e. The zero-order valence-electron chi connectivity index (χ0n) is 16.0. The second-order valence-electron chi connectivity index (χ2n) is 7.26. The van der Waals surface area contributed by atoms with Gasteiger partial charge in [0.25, 0.3) is 5.91 Å². The van der Waals surface area contributed by atoms with Gasteiger partial charge in [0.1, 0.15) is 11.3 Å². The van der Waals surface area contributed by atoms with Crippen LogP contribution in [0.5, 0.6) is 5.75 Å². The normalized spacial score (nSPS) is 16.2. The lowest BCUT2D eigenvalue weighted by atomic mass is 10.1. The molecule has 144 valence electrons. The summed E-state index contributed by atoms with van der Waals surface area (Å²) in [6.45, 7) is 3.99. The summed E-state index contributed by atoms with van der Waals surface area (Å²) in [4.78, 5) is 26.0. The molecule has 5 nitrogen and oxygen atoms in total. The van der Waals surface area contributed by atoms with Gasteiger partial charge in [-0.05, 0) is 55.7 Å². The molecule has 2 heterocycles. The first-order valence-electron chi connectivity index (χ1n) is 9.21. The van der Waals surface area contributed by atoms with E-state index in [4.69, 9.17) is 4.74 Å². The Balaban J connectivity index is 1.70. The van der Waals surface area contributed by atoms with E-state index in [1.165, 1.54) is 0 Å². The molecule has 1 aliphatic rings. The van der Waals surface area contributed by atoms with Gasteiger partial charge in [-0.1, -0.05) is 28.1 Å². The van der Waals surface area contributed by atoms with Gasteiger partial charge in [-0.15, -0.1) is 0 Å². The van der Waals surface area contributed by atoms with E-state index < -0.39 is 0 Å². The molecule has 0 radical (unpaired) electrons. The number of hydrogen-bond acceptors (Lipinski definition) is 3. The fraction of sp³-hybridized carbons (Fsp3) is 0.273. The highest BCUT2D eigenvalue weighted by Gasteiger charge is 2.25. The summed E-state index contributed by atoms with van der Waals surface area (Å²) in [6, 6.07) is 11.3. The van der Waals surface area contributed by atoms with E-state index >= 15 is 0 Å². The molecule has 0 aliphatic carbocycles. The van der Waals surface area contributed by atoms with Crippen LogP contribution in [-0.2, 0) is 6.42 Å². The summed E-state index contributed by atoms with van der Waals surface area (Å²) in [6.07, 6.45) is 2.55. The second kappa shape index (κ2) is 7.09. The average molecular weight is 441 g/mol. The number of amides is 1. The number of carbonyl (C=O) groups is 1. The first-order chi connectivity index (χ1) is 13.4. The number of nitrogens with zero attached hydrogens (tertiary/aromatic N) is 1. The van der Waals surface area contributed by atoms with Gasteiger partial charge in [-0.2, -0.15) is 0 Å². The molecule has 28 heavy (non-hydrogen) atoms. The van der Waals surface area contributed by atoms with Gasteiger partial charge >= 0.3 is 0 Å². The maximum absolute atomic E-state index is 13.1. The first-order valence-corrected chi connectivity index (χ1v) is 10.0. The molecular formula is C22H21BrN2O3. The van der Waals surface area contributed by atoms with Crippen LogP contribution in [0.1, 0.15) is 47.4 Å². The molecule has 4 rings (SSSR count). The van der Waals surface area contributed by atoms with Crippen LogP contribution in [0.15, 0.2) is 51.9 Å². The molecule has 2 atom stereocenters. The summed E-state index contributed by atoms with van der Waals surface area (Å²) >= 11 is 3.49. The number of benzene rings is 2. The fourth-order valence-electron chi connectivity index (χ4n) is 3.87. The van der Waals surface area contributed by atoms with Crippen LogP contribution < -0.4 is 15.5 Å². The van der Waals surface area contributed by atoms with Crippen molar-refractivity contribution in [3.63, 3.8) is 0 Å². The molecule has 0 bridgehead atoms. The van der Waals surface area contributed by atoms with E-state index in [9.17, 15) is 9.59 Å². The van der Waals surface area contributed by atoms with Crippen molar-refractivity contribution in [1.29, 1.82) is 0 Å². The summed E-state index contributed by atoms with van der Waals surface area (Å²) in [7, 11) is 1.61. The highest BCUT2D eigenvalue weighted by Crippen LogP contribution is 2.33. The monoisotopic (exact) mass is 440 g/mol. The van der Waals surface area contributed by atoms with Gasteiger partial charge in [0, 0.05) is 22.1 Å². The molecule has 0 spiro atoms. The molecule has 1 N–H and O–H groups in total. The summed E-state index contributed by atoms with van der Waals surface area (Å²) in [5.74, 6) is 0.396. The first kappa shape index (κ1) is 18.7. The average Bonchev–Trinajstić information content (AvgIpc) is 2.99. The molecule has 0 saturated carbocycles. The fourth-order valence-corrected chi connectivity index (χ4v) is 4.38. The number of rotatable bonds is 4. The van der Waals surface area contributed by atoms with Crippen molar-refractivity contribution in [3.8, 4) is 5.75 Å². The molecule has 0 fully saturated rings. The van der Waals surface area contributed by atoms with E-state index in [2.05, 4.69) is 28.2 Å². The topological polar surface area (TPSA) is 60.3 Å². The van der Waals surface area contributed by atoms with Crippen molar-refractivity contribution < 1.29 is 9.53 Å². The SMILES string of the molecule is COc1ccc([C@H](C)NC(=O)c2cn3c4c(cc(Br)cc4c2=O)C[C@H]3C)cc1. The summed E-state index contributed by atoms with van der Waals surface area (Å²) in [5.41, 5.74) is 2.94. The predicted molar refractivity (Wildman–Crippen MR) is 113 cm³/mol. The van der Waals surface area contributed by atoms with Crippen LogP contribution in [0, 0.1) is 0 Å². The van der Waals surface area contributed by atoms with Crippen molar-refractivity contribution >= 4 is 32.7 Å². The largest absolute Gasteiger partial charge is 0.497 e. The Morgan fingerprint density at radius 2 is 2.00 bits per heavy atom. The Hall–Kier alpha value is -2.60. The molecular weight excluding hydrogens is 420 g/mol. The summed E-state index contributed by atoms with van der Waals surface area (Å²) in [5, 5.41) is 3.53. The minimum atomic E-state index is -0.361. The number of ether oxygens (including phenoxy) is 1. The third-order valence-corrected chi connectivity index (χ3v) is 5.83. The van der Waals surface area contributed by atoms with E-state index in [0.29, 0.717) is 5.39 Å². The lowest BCUT2D eigenvalue weighted by molar-refractivity contribution is 0.0938. The number of nitrogens with one attached hydrogen (secondary N) is 1. The molecule has 3 aromatic rings. The molecule has 2 aromatic carbocycles. The van der Waals surface area contributed by atoms with E-state index in [1.54, 1.807) is 19.4 Å². The molecule has 1 aromatic heterocycles. The molecule has 0 unspecified atom stereocenters. The standard InChI is InChI=1S/C22H21BrN2O3/c1-12-8-15-9-16(23)10-18-20(15)25(12)11-19(21(18)26)22(27)24-13(2)14-4-6-17(28-3)7-5-14/h4-7,9-13H,8H2,1-3H3,(H,24,27)/t12-,13+/m1/s1. The molecule has 6 heteroatoms. The van der Waals surface area contributed by atoms with Crippen LogP contribution in [0.25, 0.3) is 10.9 Å². The maximum atomic E-state index is 13.1. The van der Waals surface area contributed by atoms with Gasteiger partial charge in [-0.3, -0.25) is 9.59 Å². The smallest absolute Gasteiger partial charge is 0.257 e. The number of pyridine rings is 1. The minimum Gasteiger partial charge on any atom is -0.497 e. The van der Waals surface area contributed by atoms with Crippen LogP contribution in [-0.4, -0.2) is 17.6 Å². The van der Waals surface area contributed by atoms with Gasteiger partial charge in [0.15, 0.2) is 0 Å². The van der Waals surface area contributed by atoms with Crippen LogP contribution in [0.2, 0.25) is 0 Å². The quantitative estimate of drug-likeness (QED) is 0.654. The van der Waals surface area contributed by atoms with Crippen molar-refractivity contribution in [2.45, 2.75) is 32.4 Å². The Kier molecular flexibility index (Phi) is 4.75. The molecule has 1 aliphatic heterocycles. The lowest BCUT2D eigenvalue weighted by Gasteiger charge is -2.16. The Labute approximate surface area is 171 Å². The minimum absolute atomic E-state index is 0.172. The second-order valence-corrected chi connectivity index (χ2v) is 8.18. The third kappa shape index (κ3) is 3.11. The van der Waals surface area contributed by atoms with Gasteiger partial charge in [0.05, 0.1) is 18.7 Å². The number of halogens is 1. The molecule has 0 saturated heterocycles. The van der Waals surface area contributed by atoms with E-state index in [-0.39, 0.29) is 29.0 Å². The van der Waals surface area contributed by atoms with Crippen LogP contribution >= 0.6 is 15.9 Å². The van der Waals surface area contributed by atoms with E-state index in [0.717, 1.165) is 33.3 Å². The number of methoxy groups -OCH3 is 1. The predicted octanol–water partition coefficient (Wildman–Crippen LogP) is 4.38. The summed E-state index contributed by atoms with van der Waals surface area (Å²) < 4.78 is 8.08. The number of aromatic nitrogens is 1. The van der Waals surface area contributed by atoms with Crippen molar-refractivity contribution in [2.75, 3.05) is 7.11 Å². The van der Waals surface area contributed by atoms with Gasteiger partial charge in [0.2, 0.25) is 5.43 Å².